The zero-order valence-electron chi connectivity index (χ0n) is 15.7. The monoisotopic (exact) mass is 372 g/mol. The molecule has 0 amide bonds. The fraction of sp³-hybridized carbons (Fsp3) is 0.182. The van der Waals surface area contributed by atoms with E-state index in [1.165, 1.54) is 0 Å². The molecular formula is C22H20N4O2. The fourth-order valence-corrected chi connectivity index (χ4v) is 3.58. The summed E-state index contributed by atoms with van der Waals surface area (Å²) in [6.45, 7) is 4.37. The molecule has 1 aliphatic heterocycles. The predicted octanol–water partition coefficient (Wildman–Crippen LogP) is 3.80. The zero-order valence-corrected chi connectivity index (χ0v) is 15.7. The number of nitrogens with zero attached hydrogens (tertiary/aromatic N) is 3. The number of para-hydroxylation sites is 2. The van der Waals surface area contributed by atoms with Crippen LogP contribution in [0.1, 0.15) is 29.7 Å². The topological polar surface area (TPSA) is 86.1 Å². The first-order valence-electron chi connectivity index (χ1n) is 9.10. The van der Waals surface area contributed by atoms with E-state index in [0.717, 1.165) is 28.3 Å². The summed E-state index contributed by atoms with van der Waals surface area (Å²) in [6, 6.07) is 19.6. The summed E-state index contributed by atoms with van der Waals surface area (Å²) in [6.07, 6.45) is 0. The summed E-state index contributed by atoms with van der Waals surface area (Å²) in [5, 5.41) is 14.5. The summed E-state index contributed by atoms with van der Waals surface area (Å²) in [7, 11) is 0. The number of benzene rings is 2. The summed E-state index contributed by atoms with van der Waals surface area (Å²) < 4.78 is 13.4. The largest absolute Gasteiger partial charge is 0.494 e. The minimum absolute atomic E-state index is 0.0865. The molecule has 0 fully saturated rings. The van der Waals surface area contributed by atoms with Gasteiger partial charge in [0.05, 0.1) is 29.5 Å². The molecule has 6 nitrogen and oxygen atoms in total. The number of nitriles is 1. The van der Waals surface area contributed by atoms with Crippen LogP contribution < -0.4 is 15.2 Å². The number of aromatic nitrogens is 2. The molecule has 0 saturated heterocycles. The third-order valence-electron chi connectivity index (χ3n) is 4.76. The van der Waals surface area contributed by atoms with Crippen LogP contribution in [0.3, 0.4) is 0 Å². The fourth-order valence-electron chi connectivity index (χ4n) is 3.58. The van der Waals surface area contributed by atoms with Gasteiger partial charge in [0.2, 0.25) is 11.8 Å². The molecule has 0 unspecified atom stereocenters. The van der Waals surface area contributed by atoms with Crippen molar-refractivity contribution in [2.24, 2.45) is 5.73 Å². The van der Waals surface area contributed by atoms with Crippen molar-refractivity contribution in [3.63, 3.8) is 0 Å². The normalized spacial score (nSPS) is 15.5. The molecule has 4 rings (SSSR count). The molecule has 6 heteroatoms. The molecular weight excluding hydrogens is 352 g/mol. The van der Waals surface area contributed by atoms with Crippen molar-refractivity contribution in [2.45, 2.75) is 19.8 Å². The third kappa shape index (κ3) is 2.78. The zero-order chi connectivity index (χ0) is 19.7. The molecule has 3 aromatic rings. The molecule has 2 aromatic carbocycles. The smallest absolute Gasteiger partial charge is 0.229 e. The number of aryl methyl sites for hydroxylation is 1. The Balaban J connectivity index is 1.97. The Morgan fingerprint density at radius 2 is 1.89 bits per heavy atom. The van der Waals surface area contributed by atoms with E-state index in [4.69, 9.17) is 15.2 Å². The van der Waals surface area contributed by atoms with E-state index in [1.807, 2.05) is 68.4 Å². The van der Waals surface area contributed by atoms with Gasteiger partial charge >= 0.3 is 0 Å². The van der Waals surface area contributed by atoms with Gasteiger partial charge in [-0.1, -0.05) is 36.4 Å². The van der Waals surface area contributed by atoms with Crippen LogP contribution in [0.4, 0.5) is 0 Å². The molecule has 0 aliphatic carbocycles. The Labute approximate surface area is 163 Å². The first kappa shape index (κ1) is 17.7. The summed E-state index contributed by atoms with van der Waals surface area (Å²) in [5.74, 6) is 0.920. The maximum absolute atomic E-state index is 9.82. The van der Waals surface area contributed by atoms with Crippen LogP contribution in [0.5, 0.6) is 11.6 Å². The minimum Gasteiger partial charge on any atom is -0.494 e. The molecule has 2 heterocycles. The molecule has 28 heavy (non-hydrogen) atoms. The van der Waals surface area contributed by atoms with Crippen molar-refractivity contribution in [3.05, 3.63) is 82.9 Å². The Kier molecular flexibility index (Phi) is 4.50. The highest BCUT2D eigenvalue weighted by Crippen LogP contribution is 2.46. The lowest BCUT2D eigenvalue weighted by atomic mass is 9.83. The Morgan fingerprint density at radius 3 is 2.61 bits per heavy atom. The molecule has 1 aromatic heterocycles. The van der Waals surface area contributed by atoms with E-state index >= 15 is 0 Å². The predicted molar refractivity (Wildman–Crippen MR) is 105 cm³/mol. The Bertz CT molecular complexity index is 1090. The number of ether oxygens (including phenoxy) is 2. The van der Waals surface area contributed by atoms with Crippen LogP contribution in [0.15, 0.2) is 66.1 Å². The molecule has 0 radical (unpaired) electrons. The quantitative estimate of drug-likeness (QED) is 0.753. The lowest BCUT2D eigenvalue weighted by Crippen LogP contribution is -2.22. The number of allylic oxidation sites excluding steroid dienone is 1. The molecule has 0 saturated carbocycles. The molecule has 0 spiro atoms. The van der Waals surface area contributed by atoms with E-state index in [1.54, 1.807) is 4.68 Å². The van der Waals surface area contributed by atoms with Crippen LogP contribution in [-0.4, -0.2) is 16.4 Å². The van der Waals surface area contributed by atoms with Crippen LogP contribution in [0.25, 0.3) is 5.69 Å². The molecule has 1 aliphatic rings. The van der Waals surface area contributed by atoms with E-state index < -0.39 is 5.92 Å². The maximum Gasteiger partial charge on any atom is 0.229 e. The average molecular weight is 372 g/mol. The standard InChI is InChI=1S/C22H20N4O2/c1-3-27-18-12-8-7-11-16(18)20-17(13-23)21(24)28-22-19(20)14(2)25-26(22)15-9-5-4-6-10-15/h4-12,20H,3,24H2,1-2H3/t20-/m1/s1. The van der Waals surface area contributed by atoms with Gasteiger partial charge < -0.3 is 15.2 Å². The molecule has 140 valence electrons. The van der Waals surface area contributed by atoms with Crippen LogP contribution in [0, 0.1) is 18.3 Å². The van der Waals surface area contributed by atoms with Gasteiger partial charge in [-0.2, -0.15) is 10.4 Å². The van der Waals surface area contributed by atoms with Gasteiger partial charge in [-0.15, -0.1) is 0 Å². The van der Waals surface area contributed by atoms with Crippen molar-refractivity contribution in [2.75, 3.05) is 6.61 Å². The Morgan fingerprint density at radius 1 is 1.18 bits per heavy atom. The van der Waals surface area contributed by atoms with Crippen molar-refractivity contribution in [1.82, 2.24) is 9.78 Å². The van der Waals surface area contributed by atoms with E-state index in [0.29, 0.717) is 18.1 Å². The Hall–Kier alpha value is -3.72. The van der Waals surface area contributed by atoms with E-state index in [2.05, 4.69) is 11.2 Å². The summed E-state index contributed by atoms with van der Waals surface area (Å²) >= 11 is 0. The minimum atomic E-state index is -0.408. The number of nitrogens with two attached hydrogens (primary N) is 1. The lowest BCUT2D eigenvalue weighted by Gasteiger charge is -2.26. The highest BCUT2D eigenvalue weighted by Gasteiger charge is 2.37. The average Bonchev–Trinajstić information content (AvgIpc) is 3.04. The maximum atomic E-state index is 9.82. The highest BCUT2D eigenvalue weighted by atomic mass is 16.5. The van der Waals surface area contributed by atoms with Crippen LogP contribution in [-0.2, 0) is 0 Å². The number of hydrogen-bond donors (Lipinski definition) is 1. The van der Waals surface area contributed by atoms with Crippen molar-refractivity contribution in [3.8, 4) is 23.4 Å². The van der Waals surface area contributed by atoms with Crippen LogP contribution in [0.2, 0.25) is 0 Å². The molecule has 0 bridgehead atoms. The number of rotatable bonds is 4. The SMILES string of the molecule is CCOc1ccccc1[C@@H]1C(C#N)=C(N)Oc2c1c(C)nn2-c1ccccc1. The second-order valence-corrected chi connectivity index (χ2v) is 6.45. The van der Waals surface area contributed by atoms with Gasteiger partial charge in [0.15, 0.2) is 0 Å². The lowest BCUT2D eigenvalue weighted by molar-refractivity contribution is 0.333. The molecule has 2 N–H and O–H groups in total. The van der Waals surface area contributed by atoms with E-state index in [9.17, 15) is 5.26 Å². The van der Waals surface area contributed by atoms with Gasteiger partial charge in [0.1, 0.15) is 17.4 Å². The van der Waals surface area contributed by atoms with Gasteiger partial charge in [-0.05, 0) is 32.0 Å². The van der Waals surface area contributed by atoms with Crippen LogP contribution >= 0.6 is 0 Å². The van der Waals surface area contributed by atoms with Crippen molar-refractivity contribution in [1.29, 1.82) is 5.26 Å². The van der Waals surface area contributed by atoms with Gasteiger partial charge in [0, 0.05) is 5.56 Å². The van der Waals surface area contributed by atoms with Gasteiger partial charge in [0.25, 0.3) is 0 Å². The van der Waals surface area contributed by atoms with Crippen molar-refractivity contribution < 1.29 is 9.47 Å². The summed E-state index contributed by atoms with van der Waals surface area (Å²) in [4.78, 5) is 0. The van der Waals surface area contributed by atoms with Gasteiger partial charge in [-0.3, -0.25) is 0 Å². The van der Waals surface area contributed by atoms with E-state index in [-0.39, 0.29) is 5.88 Å². The first-order valence-corrected chi connectivity index (χ1v) is 9.10. The number of hydrogen-bond acceptors (Lipinski definition) is 5. The third-order valence-corrected chi connectivity index (χ3v) is 4.76. The number of fused-ring (bicyclic) bond motifs is 1. The molecule has 1 atom stereocenters. The second-order valence-electron chi connectivity index (χ2n) is 6.45. The van der Waals surface area contributed by atoms with Crippen molar-refractivity contribution >= 4 is 0 Å². The summed E-state index contributed by atoms with van der Waals surface area (Å²) in [5.41, 5.74) is 9.84. The highest BCUT2D eigenvalue weighted by molar-refractivity contribution is 5.59. The second kappa shape index (κ2) is 7.12. The first-order chi connectivity index (χ1) is 13.7. The van der Waals surface area contributed by atoms with Gasteiger partial charge in [-0.25, -0.2) is 4.68 Å².